The van der Waals surface area contributed by atoms with Gasteiger partial charge in [-0.2, -0.15) is 21.6 Å². The van der Waals surface area contributed by atoms with Crippen molar-refractivity contribution in [2.24, 2.45) is 0 Å². The summed E-state index contributed by atoms with van der Waals surface area (Å²) in [5.41, 5.74) is -5.85. The maximum atomic E-state index is 13.2. The van der Waals surface area contributed by atoms with Crippen molar-refractivity contribution in [1.82, 2.24) is 0 Å². The van der Waals surface area contributed by atoms with E-state index in [0.29, 0.717) is 5.56 Å². The van der Waals surface area contributed by atoms with E-state index in [1.165, 1.54) is 24.3 Å². The molecule has 0 bridgehead atoms. The summed E-state index contributed by atoms with van der Waals surface area (Å²) in [6, 6.07) is 8.79. The van der Waals surface area contributed by atoms with Gasteiger partial charge in [-0.05, 0) is 48.7 Å². The van der Waals surface area contributed by atoms with Crippen LogP contribution in [0.5, 0.6) is 0 Å². The molecule has 8 nitrogen and oxygen atoms in total. The van der Waals surface area contributed by atoms with E-state index in [2.05, 4.69) is 4.18 Å². The summed E-state index contributed by atoms with van der Waals surface area (Å²) in [6.45, 7) is 0.335. The molecule has 0 saturated heterocycles. The molecule has 13 heteroatoms. The number of hydrogen-bond acceptors (Lipinski definition) is 7. The van der Waals surface area contributed by atoms with Gasteiger partial charge in [0.15, 0.2) is 0 Å². The average Bonchev–Trinajstić information content (AvgIpc) is 3.31. The number of anilines is 1. The summed E-state index contributed by atoms with van der Waals surface area (Å²) >= 11 is 0. The number of halogens is 3. The summed E-state index contributed by atoms with van der Waals surface area (Å²) < 4.78 is 94.1. The number of sulfonamides is 1. The number of aliphatic hydroxyl groups is 2. The highest BCUT2D eigenvalue weighted by Crippen LogP contribution is 2.47. The Balaban J connectivity index is 1.84. The van der Waals surface area contributed by atoms with E-state index in [1.54, 1.807) is 19.1 Å². The van der Waals surface area contributed by atoms with E-state index < -0.39 is 50.0 Å². The zero-order valence-electron chi connectivity index (χ0n) is 17.7. The second-order valence-electron chi connectivity index (χ2n) is 8.13. The van der Waals surface area contributed by atoms with Gasteiger partial charge in [-0.1, -0.05) is 23.8 Å². The van der Waals surface area contributed by atoms with Gasteiger partial charge < -0.3 is 14.4 Å². The Labute approximate surface area is 194 Å². The molecule has 2 aromatic rings. The maximum absolute atomic E-state index is 13.2. The van der Waals surface area contributed by atoms with Gasteiger partial charge >= 0.3 is 15.6 Å². The Bertz CT molecular complexity index is 1380. The molecular weight excluding hydrogens is 499 g/mol. The van der Waals surface area contributed by atoms with Crippen LogP contribution in [0.3, 0.4) is 0 Å². The third-order valence-corrected chi connectivity index (χ3v) is 8.73. The average molecular weight is 520 g/mol. The van der Waals surface area contributed by atoms with Crippen molar-refractivity contribution in [2.75, 3.05) is 24.1 Å². The lowest BCUT2D eigenvalue weighted by Crippen LogP contribution is -2.31. The predicted octanol–water partition coefficient (Wildman–Crippen LogP) is 2.19. The third-order valence-electron chi connectivity index (χ3n) is 5.94. The summed E-state index contributed by atoms with van der Waals surface area (Å²) in [7, 11) is -10.1. The van der Waals surface area contributed by atoms with Crippen molar-refractivity contribution in [1.29, 1.82) is 0 Å². The van der Waals surface area contributed by atoms with Gasteiger partial charge in [0.25, 0.3) is 10.0 Å². The second kappa shape index (κ2) is 7.97. The molecule has 2 N–H and O–H groups in total. The summed E-state index contributed by atoms with van der Waals surface area (Å²) in [6.07, 6.45) is 1.17. The first-order valence-corrected chi connectivity index (χ1v) is 12.8. The number of aryl methyl sites for hydroxylation is 1. The first-order valence-electron chi connectivity index (χ1n) is 9.98. The lowest BCUT2D eigenvalue weighted by molar-refractivity contribution is -0.0509. The number of aliphatic hydroxyl groups excluding tert-OH is 2. The van der Waals surface area contributed by atoms with E-state index in [1.807, 2.05) is 0 Å². The molecule has 184 valence electrons. The topological polar surface area (TPSA) is 121 Å². The van der Waals surface area contributed by atoms with Gasteiger partial charge in [-0.25, -0.2) is 8.42 Å². The van der Waals surface area contributed by atoms with Crippen molar-refractivity contribution >= 4 is 31.6 Å². The molecule has 0 aromatic heterocycles. The van der Waals surface area contributed by atoms with Crippen LogP contribution in [-0.4, -0.2) is 52.3 Å². The van der Waals surface area contributed by atoms with Crippen LogP contribution >= 0.6 is 0 Å². The van der Waals surface area contributed by atoms with Crippen LogP contribution in [0.25, 0.3) is 5.76 Å². The summed E-state index contributed by atoms with van der Waals surface area (Å²) in [5.74, 6) is -0.752. The predicted molar refractivity (Wildman–Crippen MR) is 116 cm³/mol. The highest BCUT2D eigenvalue weighted by Gasteiger charge is 2.51. The van der Waals surface area contributed by atoms with Gasteiger partial charge in [0.05, 0.1) is 29.2 Å². The molecule has 0 spiro atoms. The molecule has 0 saturated carbocycles. The molecule has 2 aliphatic rings. The standard InChI is InChI=1S/C21H20F3NO7S2/c1-13-2-4-15(5-3-13)33(28,29)25-7-6-14-8-17-16(9-18(14)25)19(10-20(17,11-26)12-27)32-34(30,31)21(22,23)24/h2-5,8-10,26-27H,6-7,11-12H2,1H3. The number of alkyl halides is 3. The summed E-state index contributed by atoms with van der Waals surface area (Å²) in [4.78, 5) is 0.0122. The quantitative estimate of drug-likeness (QED) is 0.443. The van der Waals surface area contributed by atoms with Gasteiger partial charge in [0, 0.05) is 12.1 Å². The lowest BCUT2D eigenvalue weighted by atomic mass is 9.83. The van der Waals surface area contributed by atoms with Crippen LogP contribution in [0, 0.1) is 6.92 Å². The first kappa shape index (κ1) is 24.5. The minimum atomic E-state index is -6.06. The van der Waals surface area contributed by atoms with Crippen molar-refractivity contribution < 1.29 is 44.4 Å². The van der Waals surface area contributed by atoms with Crippen LogP contribution in [0.2, 0.25) is 0 Å². The van der Waals surface area contributed by atoms with Gasteiger partial charge in [0.1, 0.15) is 5.76 Å². The van der Waals surface area contributed by atoms with Gasteiger partial charge in [-0.15, -0.1) is 0 Å². The summed E-state index contributed by atoms with van der Waals surface area (Å²) in [5, 5.41) is 19.8. The monoisotopic (exact) mass is 519 g/mol. The Hall–Kier alpha value is -2.61. The largest absolute Gasteiger partial charge is 0.534 e. The molecule has 2 aromatic carbocycles. The molecule has 0 fully saturated rings. The maximum Gasteiger partial charge on any atom is 0.534 e. The van der Waals surface area contributed by atoms with Crippen molar-refractivity contribution in [3.63, 3.8) is 0 Å². The van der Waals surface area contributed by atoms with Crippen molar-refractivity contribution in [3.8, 4) is 0 Å². The smallest absolute Gasteiger partial charge is 0.395 e. The molecule has 34 heavy (non-hydrogen) atoms. The second-order valence-corrected chi connectivity index (χ2v) is 11.5. The molecule has 0 radical (unpaired) electrons. The Morgan fingerprint density at radius 3 is 2.24 bits per heavy atom. The first-order chi connectivity index (χ1) is 15.8. The van der Waals surface area contributed by atoms with Crippen molar-refractivity contribution in [3.05, 3.63) is 64.7 Å². The fourth-order valence-corrected chi connectivity index (χ4v) is 6.03. The van der Waals surface area contributed by atoms with Gasteiger partial charge in [-0.3, -0.25) is 4.31 Å². The fourth-order valence-electron chi connectivity index (χ4n) is 4.06. The minimum Gasteiger partial charge on any atom is -0.395 e. The molecule has 1 aliphatic carbocycles. The zero-order chi connectivity index (χ0) is 25.1. The molecule has 0 unspecified atom stereocenters. The van der Waals surface area contributed by atoms with Crippen LogP contribution < -0.4 is 4.31 Å². The van der Waals surface area contributed by atoms with Crippen molar-refractivity contribution in [2.45, 2.75) is 29.2 Å². The number of benzene rings is 2. The highest BCUT2D eigenvalue weighted by molar-refractivity contribution is 7.92. The SMILES string of the molecule is Cc1ccc(S(=O)(=O)N2CCc3cc4c(cc32)C(OS(=O)(=O)C(F)(F)F)=CC4(CO)CO)cc1. The van der Waals surface area contributed by atoms with Crippen LogP contribution in [0.4, 0.5) is 18.9 Å². The van der Waals surface area contributed by atoms with E-state index in [-0.39, 0.29) is 34.7 Å². The Kier molecular flexibility index (Phi) is 5.75. The Morgan fingerprint density at radius 2 is 1.68 bits per heavy atom. The number of hydrogen-bond donors (Lipinski definition) is 2. The molecule has 1 aliphatic heterocycles. The molecule has 0 atom stereocenters. The van der Waals surface area contributed by atoms with E-state index in [9.17, 15) is 40.2 Å². The fraction of sp³-hybridized carbons (Fsp3) is 0.333. The third kappa shape index (κ3) is 3.76. The molecule has 4 rings (SSSR count). The zero-order valence-corrected chi connectivity index (χ0v) is 19.3. The highest BCUT2D eigenvalue weighted by atomic mass is 32.2. The minimum absolute atomic E-state index is 0.0122. The van der Waals surface area contributed by atoms with E-state index in [4.69, 9.17) is 0 Å². The normalized spacial score (nSPS) is 17.4. The molecular formula is C21H20F3NO7S2. The molecule has 0 amide bonds. The lowest BCUT2D eigenvalue weighted by Gasteiger charge is -2.25. The number of fused-ring (bicyclic) bond motifs is 2. The van der Waals surface area contributed by atoms with E-state index in [0.717, 1.165) is 15.9 Å². The number of rotatable bonds is 6. The van der Waals surface area contributed by atoms with Gasteiger partial charge in [0.2, 0.25) is 0 Å². The van der Waals surface area contributed by atoms with E-state index >= 15 is 0 Å². The van der Waals surface area contributed by atoms with Crippen LogP contribution in [-0.2, 0) is 36.2 Å². The number of nitrogens with zero attached hydrogens (tertiary/aromatic N) is 1. The van der Waals surface area contributed by atoms with Crippen LogP contribution in [0.1, 0.15) is 22.3 Å². The Morgan fingerprint density at radius 1 is 1.06 bits per heavy atom. The van der Waals surface area contributed by atoms with Crippen LogP contribution in [0.15, 0.2) is 47.4 Å². The molecule has 1 heterocycles.